The molecule has 6 N–H and O–H groups in total. The molecule has 9 nitrogen and oxygen atoms in total. The molecule has 9 heteroatoms. The SMILES string of the molecule is NC(=O)Nc1ccccc1CCn1cc2c(n1)c(N)nc1cc(-c3cc[nH]n3)ccc12. The number of nitrogens with two attached hydrogens (primary N) is 2. The maximum atomic E-state index is 11.2. The van der Waals surface area contributed by atoms with Crippen molar-refractivity contribution in [3.8, 4) is 11.3 Å². The van der Waals surface area contributed by atoms with Crippen molar-refractivity contribution >= 4 is 39.3 Å². The van der Waals surface area contributed by atoms with E-state index in [2.05, 4.69) is 25.6 Å². The number of amides is 2. The highest BCUT2D eigenvalue weighted by atomic mass is 16.2. The molecular weight excluding hydrogens is 392 g/mol. The number of rotatable bonds is 5. The molecular formula is C22H20N8O. The first-order chi connectivity index (χ1) is 15.1. The molecule has 5 rings (SSSR count). The molecule has 0 spiro atoms. The van der Waals surface area contributed by atoms with Crippen molar-refractivity contribution in [3.63, 3.8) is 0 Å². The van der Waals surface area contributed by atoms with Gasteiger partial charge in [-0.25, -0.2) is 9.78 Å². The van der Waals surface area contributed by atoms with E-state index in [1.54, 1.807) is 6.20 Å². The van der Waals surface area contributed by atoms with Gasteiger partial charge in [0.2, 0.25) is 0 Å². The van der Waals surface area contributed by atoms with Crippen LogP contribution in [-0.4, -0.2) is 31.0 Å². The number of urea groups is 1. The molecule has 5 aromatic rings. The Balaban J connectivity index is 1.48. The van der Waals surface area contributed by atoms with Gasteiger partial charge in [0, 0.05) is 41.0 Å². The highest BCUT2D eigenvalue weighted by Crippen LogP contribution is 2.30. The van der Waals surface area contributed by atoms with Crippen LogP contribution >= 0.6 is 0 Å². The predicted molar refractivity (Wildman–Crippen MR) is 120 cm³/mol. The van der Waals surface area contributed by atoms with E-state index in [0.29, 0.717) is 30.0 Å². The molecule has 0 unspecified atom stereocenters. The molecule has 0 saturated carbocycles. The van der Waals surface area contributed by atoms with E-state index < -0.39 is 6.03 Å². The number of primary amides is 1. The van der Waals surface area contributed by atoms with Crippen LogP contribution in [0, 0.1) is 0 Å². The molecule has 2 aromatic carbocycles. The molecule has 31 heavy (non-hydrogen) atoms. The van der Waals surface area contributed by atoms with Crippen LogP contribution in [0.1, 0.15) is 5.56 Å². The average Bonchev–Trinajstić information content (AvgIpc) is 3.43. The van der Waals surface area contributed by atoms with Gasteiger partial charge < -0.3 is 16.8 Å². The lowest BCUT2D eigenvalue weighted by atomic mass is 10.1. The van der Waals surface area contributed by atoms with Crippen molar-refractivity contribution in [2.24, 2.45) is 5.73 Å². The normalized spacial score (nSPS) is 11.2. The van der Waals surface area contributed by atoms with Gasteiger partial charge in [-0.15, -0.1) is 0 Å². The Kier molecular flexibility index (Phi) is 4.47. The van der Waals surface area contributed by atoms with Gasteiger partial charge in [0.15, 0.2) is 5.82 Å². The van der Waals surface area contributed by atoms with E-state index in [0.717, 1.165) is 33.1 Å². The summed E-state index contributed by atoms with van der Waals surface area (Å²) in [6.45, 7) is 0.610. The van der Waals surface area contributed by atoms with E-state index >= 15 is 0 Å². The Morgan fingerprint density at radius 1 is 1.13 bits per heavy atom. The molecule has 0 fully saturated rings. The van der Waals surface area contributed by atoms with E-state index in [1.807, 2.05) is 59.4 Å². The molecule has 3 heterocycles. The van der Waals surface area contributed by atoms with Crippen LogP contribution in [0.5, 0.6) is 0 Å². The van der Waals surface area contributed by atoms with Gasteiger partial charge in [-0.05, 0) is 30.2 Å². The zero-order valence-corrected chi connectivity index (χ0v) is 16.5. The number of benzene rings is 2. The number of aromatic nitrogens is 5. The number of nitrogens with zero attached hydrogens (tertiary/aromatic N) is 4. The molecule has 0 aliphatic carbocycles. The Morgan fingerprint density at radius 3 is 2.81 bits per heavy atom. The number of carbonyl (C=O) groups is 1. The van der Waals surface area contributed by atoms with E-state index in [4.69, 9.17) is 11.5 Å². The lowest BCUT2D eigenvalue weighted by molar-refractivity contribution is 0.259. The lowest BCUT2D eigenvalue weighted by Crippen LogP contribution is -2.20. The number of fused-ring (bicyclic) bond motifs is 3. The summed E-state index contributed by atoms with van der Waals surface area (Å²) in [6, 6.07) is 14.9. The van der Waals surface area contributed by atoms with Gasteiger partial charge in [-0.3, -0.25) is 9.78 Å². The first kappa shape index (κ1) is 18.6. The van der Waals surface area contributed by atoms with Crippen LogP contribution < -0.4 is 16.8 Å². The quantitative estimate of drug-likeness (QED) is 0.351. The highest BCUT2D eigenvalue weighted by Gasteiger charge is 2.13. The standard InChI is InChI=1S/C22H20N8O/c23-21-20-16(15-6-5-14(11-19(15)26-21)18-7-9-25-28-18)12-30(29-20)10-8-13-3-1-2-4-17(13)27-22(24)31/h1-7,9,11-12H,8,10H2,(H2,23,26)(H,25,28)(H3,24,27,31). The highest BCUT2D eigenvalue weighted by molar-refractivity contribution is 6.08. The first-order valence-corrected chi connectivity index (χ1v) is 9.79. The molecule has 2 amide bonds. The number of aromatic amines is 1. The van der Waals surface area contributed by atoms with Crippen molar-refractivity contribution in [1.82, 2.24) is 25.0 Å². The molecule has 0 radical (unpaired) electrons. The Morgan fingerprint density at radius 2 is 2.00 bits per heavy atom. The minimum atomic E-state index is -0.586. The van der Waals surface area contributed by atoms with E-state index in [-0.39, 0.29) is 0 Å². The summed E-state index contributed by atoms with van der Waals surface area (Å²) in [5.74, 6) is 0.385. The molecule has 0 saturated heterocycles. The van der Waals surface area contributed by atoms with Crippen LogP contribution in [0.2, 0.25) is 0 Å². The molecule has 0 bridgehead atoms. The van der Waals surface area contributed by atoms with Crippen LogP contribution in [0.15, 0.2) is 60.9 Å². The number of hydrogen-bond acceptors (Lipinski definition) is 5. The van der Waals surface area contributed by atoms with Crippen molar-refractivity contribution in [2.75, 3.05) is 11.1 Å². The van der Waals surface area contributed by atoms with Crippen molar-refractivity contribution < 1.29 is 4.79 Å². The summed E-state index contributed by atoms with van der Waals surface area (Å²) >= 11 is 0. The maximum Gasteiger partial charge on any atom is 0.316 e. The van der Waals surface area contributed by atoms with E-state index in [9.17, 15) is 4.79 Å². The fourth-order valence-corrected chi connectivity index (χ4v) is 3.77. The summed E-state index contributed by atoms with van der Waals surface area (Å²) in [5.41, 5.74) is 16.4. The zero-order chi connectivity index (χ0) is 21.4. The molecule has 0 aliphatic heterocycles. The van der Waals surface area contributed by atoms with Gasteiger partial charge in [0.05, 0.1) is 11.2 Å². The smallest absolute Gasteiger partial charge is 0.316 e. The molecule has 154 valence electrons. The fourth-order valence-electron chi connectivity index (χ4n) is 3.77. The van der Waals surface area contributed by atoms with Crippen LogP contribution in [0.25, 0.3) is 33.1 Å². The van der Waals surface area contributed by atoms with Crippen molar-refractivity contribution in [2.45, 2.75) is 13.0 Å². The maximum absolute atomic E-state index is 11.2. The Bertz CT molecular complexity index is 1400. The molecule has 0 atom stereocenters. The van der Waals surface area contributed by atoms with Crippen LogP contribution in [-0.2, 0) is 13.0 Å². The van der Waals surface area contributed by atoms with Gasteiger partial charge in [-0.1, -0.05) is 30.3 Å². The predicted octanol–water partition coefficient (Wildman–Crippen LogP) is 3.29. The minimum absolute atomic E-state index is 0.385. The molecule has 3 aromatic heterocycles. The fraction of sp³-hybridized carbons (Fsp3) is 0.0909. The zero-order valence-electron chi connectivity index (χ0n) is 16.5. The second kappa shape index (κ2) is 7.45. The molecule has 0 aliphatic rings. The third kappa shape index (κ3) is 3.52. The third-order valence-electron chi connectivity index (χ3n) is 5.22. The number of anilines is 2. The largest absolute Gasteiger partial charge is 0.382 e. The minimum Gasteiger partial charge on any atom is -0.382 e. The number of nitrogens with one attached hydrogen (secondary N) is 2. The second-order valence-electron chi connectivity index (χ2n) is 7.24. The van der Waals surface area contributed by atoms with Crippen molar-refractivity contribution in [1.29, 1.82) is 0 Å². The number of nitrogen functional groups attached to an aromatic ring is 1. The van der Waals surface area contributed by atoms with Gasteiger partial charge in [0.25, 0.3) is 0 Å². The summed E-state index contributed by atoms with van der Waals surface area (Å²) in [4.78, 5) is 15.8. The van der Waals surface area contributed by atoms with E-state index in [1.165, 1.54) is 0 Å². The number of carbonyl (C=O) groups excluding carboxylic acids is 1. The van der Waals surface area contributed by atoms with Crippen LogP contribution in [0.4, 0.5) is 16.3 Å². The van der Waals surface area contributed by atoms with Gasteiger partial charge in [0.1, 0.15) is 5.52 Å². The van der Waals surface area contributed by atoms with Gasteiger partial charge >= 0.3 is 6.03 Å². The van der Waals surface area contributed by atoms with Crippen molar-refractivity contribution in [3.05, 3.63) is 66.5 Å². The number of pyridine rings is 1. The monoisotopic (exact) mass is 412 g/mol. The van der Waals surface area contributed by atoms with Crippen LogP contribution in [0.3, 0.4) is 0 Å². The third-order valence-corrected chi connectivity index (χ3v) is 5.22. The summed E-state index contributed by atoms with van der Waals surface area (Å²) in [5, 5.41) is 16.3. The number of hydrogen-bond donors (Lipinski definition) is 4. The second-order valence-corrected chi connectivity index (χ2v) is 7.24. The summed E-state index contributed by atoms with van der Waals surface area (Å²) in [7, 11) is 0. The Hall–Kier alpha value is -4.40. The van der Waals surface area contributed by atoms with Gasteiger partial charge in [-0.2, -0.15) is 10.2 Å². The number of aryl methyl sites for hydroxylation is 2. The summed E-state index contributed by atoms with van der Waals surface area (Å²) in [6.07, 6.45) is 4.43. The first-order valence-electron chi connectivity index (χ1n) is 9.79. The Labute approximate surface area is 177 Å². The lowest BCUT2D eigenvalue weighted by Gasteiger charge is -2.09. The number of H-pyrrole nitrogens is 1. The number of para-hydroxylation sites is 1. The average molecular weight is 412 g/mol. The topological polar surface area (TPSA) is 141 Å². The summed E-state index contributed by atoms with van der Waals surface area (Å²) < 4.78 is 1.85.